The summed E-state index contributed by atoms with van der Waals surface area (Å²) < 4.78 is 0. The largest absolute Gasteiger partial charge is 0.398 e. The third kappa shape index (κ3) is 2.26. The lowest BCUT2D eigenvalue weighted by Gasteiger charge is -2.36. The van der Waals surface area contributed by atoms with Crippen molar-refractivity contribution in [2.75, 3.05) is 24.3 Å². The van der Waals surface area contributed by atoms with Crippen LogP contribution in [0.1, 0.15) is 19.4 Å². The number of aliphatic hydroxyl groups excluding tert-OH is 1. The van der Waals surface area contributed by atoms with Gasteiger partial charge in [0.25, 0.3) is 0 Å². The average Bonchev–Trinajstić information content (AvgIpc) is 2.28. The third-order valence-electron chi connectivity index (χ3n) is 2.84. The molecule has 0 amide bonds. The van der Waals surface area contributed by atoms with Crippen molar-refractivity contribution in [1.82, 2.24) is 0 Å². The molecule has 0 spiro atoms. The minimum absolute atomic E-state index is 0.0375. The molecule has 1 aromatic rings. The summed E-state index contributed by atoms with van der Waals surface area (Å²) in [6, 6.07) is 7.32. The number of hydrogen-bond acceptors (Lipinski definition) is 4. The molecule has 1 rings (SSSR count). The summed E-state index contributed by atoms with van der Waals surface area (Å²) in [4.78, 5) is 1.92. The molecule has 3 N–H and O–H groups in total. The fourth-order valence-corrected chi connectivity index (χ4v) is 1.31. The van der Waals surface area contributed by atoms with E-state index in [1.54, 1.807) is 12.1 Å². The van der Waals surface area contributed by atoms with Gasteiger partial charge in [-0.3, -0.25) is 0 Å². The summed E-state index contributed by atoms with van der Waals surface area (Å²) in [5, 5.41) is 18.2. The molecule has 0 aliphatic rings. The Labute approximate surface area is 95.9 Å². The number of nitrogen functional groups attached to an aromatic ring is 1. The van der Waals surface area contributed by atoms with Crippen LogP contribution in [0.4, 0.5) is 11.4 Å². The van der Waals surface area contributed by atoms with Gasteiger partial charge < -0.3 is 15.7 Å². The topological polar surface area (TPSA) is 73.3 Å². The number of rotatable bonds is 3. The molecule has 0 radical (unpaired) electrons. The van der Waals surface area contributed by atoms with E-state index in [0.717, 1.165) is 5.69 Å². The van der Waals surface area contributed by atoms with E-state index in [4.69, 9.17) is 11.0 Å². The lowest BCUT2D eigenvalue weighted by molar-refractivity contribution is 0.216. The molecule has 4 nitrogen and oxygen atoms in total. The van der Waals surface area contributed by atoms with Crippen LogP contribution in [0.25, 0.3) is 0 Å². The first-order valence-electron chi connectivity index (χ1n) is 5.06. The van der Waals surface area contributed by atoms with Gasteiger partial charge in [0.2, 0.25) is 0 Å². The minimum Gasteiger partial charge on any atom is -0.398 e. The van der Waals surface area contributed by atoms with Gasteiger partial charge in [-0.25, -0.2) is 0 Å². The lowest BCUT2D eigenvalue weighted by Crippen LogP contribution is -2.44. The molecule has 0 fully saturated rings. The molecule has 16 heavy (non-hydrogen) atoms. The third-order valence-corrected chi connectivity index (χ3v) is 2.84. The molecule has 0 aliphatic heterocycles. The number of likely N-dealkylation sites (N-methyl/N-ethyl adjacent to an activating group) is 1. The van der Waals surface area contributed by atoms with E-state index in [9.17, 15) is 5.11 Å². The van der Waals surface area contributed by atoms with Gasteiger partial charge in [0.15, 0.2) is 0 Å². The van der Waals surface area contributed by atoms with Crippen molar-refractivity contribution in [1.29, 1.82) is 5.26 Å². The Hall–Kier alpha value is -1.73. The van der Waals surface area contributed by atoms with Crippen LogP contribution in [0.2, 0.25) is 0 Å². The van der Waals surface area contributed by atoms with Crippen molar-refractivity contribution < 1.29 is 5.11 Å². The predicted octanol–water partition coefficient (Wildman–Crippen LogP) is 1.35. The summed E-state index contributed by atoms with van der Waals surface area (Å²) in [6.45, 7) is 3.89. The van der Waals surface area contributed by atoms with Crippen LogP contribution in [0, 0.1) is 11.3 Å². The number of benzene rings is 1. The van der Waals surface area contributed by atoms with Crippen LogP contribution in [0.15, 0.2) is 18.2 Å². The van der Waals surface area contributed by atoms with Gasteiger partial charge >= 0.3 is 0 Å². The predicted molar refractivity (Wildman–Crippen MR) is 65.1 cm³/mol. The number of nitriles is 1. The Morgan fingerprint density at radius 1 is 1.50 bits per heavy atom. The van der Waals surface area contributed by atoms with Crippen LogP contribution in [-0.4, -0.2) is 24.3 Å². The summed E-state index contributed by atoms with van der Waals surface area (Å²) in [5.41, 5.74) is 7.07. The van der Waals surface area contributed by atoms with Crippen molar-refractivity contribution in [2.24, 2.45) is 0 Å². The van der Waals surface area contributed by atoms with E-state index in [1.807, 2.05) is 37.9 Å². The maximum absolute atomic E-state index is 9.28. The van der Waals surface area contributed by atoms with E-state index in [-0.39, 0.29) is 12.1 Å². The molecule has 4 heteroatoms. The fourth-order valence-electron chi connectivity index (χ4n) is 1.31. The van der Waals surface area contributed by atoms with E-state index in [1.165, 1.54) is 0 Å². The summed E-state index contributed by atoms with van der Waals surface area (Å²) in [5.74, 6) is 0. The molecule has 0 heterocycles. The maximum atomic E-state index is 9.28. The highest BCUT2D eigenvalue weighted by Crippen LogP contribution is 2.25. The smallest absolute Gasteiger partial charge is 0.101 e. The quantitative estimate of drug-likeness (QED) is 0.752. The van der Waals surface area contributed by atoms with E-state index in [0.29, 0.717) is 11.3 Å². The molecule has 0 aliphatic carbocycles. The molecule has 0 atom stereocenters. The summed E-state index contributed by atoms with van der Waals surface area (Å²) >= 11 is 0. The zero-order valence-electron chi connectivity index (χ0n) is 9.86. The minimum atomic E-state index is -0.372. The number of anilines is 2. The zero-order chi connectivity index (χ0) is 12.3. The maximum Gasteiger partial charge on any atom is 0.101 e. The van der Waals surface area contributed by atoms with Gasteiger partial charge in [0, 0.05) is 18.4 Å². The van der Waals surface area contributed by atoms with Crippen LogP contribution in [-0.2, 0) is 0 Å². The van der Waals surface area contributed by atoms with Gasteiger partial charge in [0.1, 0.15) is 6.07 Å². The molecule has 0 saturated carbocycles. The Kier molecular flexibility index (Phi) is 3.41. The average molecular weight is 219 g/mol. The van der Waals surface area contributed by atoms with E-state index < -0.39 is 0 Å². The Morgan fingerprint density at radius 3 is 2.62 bits per heavy atom. The summed E-state index contributed by atoms with van der Waals surface area (Å²) in [7, 11) is 1.88. The van der Waals surface area contributed by atoms with E-state index >= 15 is 0 Å². The number of hydrogen-bond donors (Lipinski definition) is 2. The lowest BCUT2D eigenvalue weighted by atomic mass is 10.0. The molecular formula is C12H17N3O. The number of nitrogens with zero attached hydrogens (tertiary/aromatic N) is 2. The molecule has 0 bridgehead atoms. The first-order chi connectivity index (χ1) is 7.42. The number of nitrogens with two attached hydrogens (primary N) is 1. The van der Waals surface area contributed by atoms with Crippen LogP contribution < -0.4 is 10.6 Å². The van der Waals surface area contributed by atoms with Crippen molar-refractivity contribution >= 4 is 11.4 Å². The molecule has 0 unspecified atom stereocenters. The molecule has 0 saturated heterocycles. The van der Waals surface area contributed by atoms with Crippen molar-refractivity contribution in [3.63, 3.8) is 0 Å². The first kappa shape index (κ1) is 12.3. The van der Waals surface area contributed by atoms with Crippen molar-refractivity contribution in [3.8, 4) is 6.07 Å². The van der Waals surface area contributed by atoms with E-state index in [2.05, 4.69) is 0 Å². The monoisotopic (exact) mass is 219 g/mol. The Bertz CT molecular complexity index is 421. The second kappa shape index (κ2) is 4.42. The molecule has 86 valence electrons. The second-order valence-electron chi connectivity index (χ2n) is 4.41. The molecular weight excluding hydrogens is 202 g/mol. The highest BCUT2D eigenvalue weighted by Gasteiger charge is 2.23. The van der Waals surface area contributed by atoms with Crippen LogP contribution >= 0.6 is 0 Å². The SMILES string of the molecule is CN(c1ccc(N)c(C#N)c1)C(C)(C)CO. The van der Waals surface area contributed by atoms with Gasteiger partial charge in [-0.2, -0.15) is 5.26 Å². The fraction of sp³-hybridized carbons (Fsp3) is 0.417. The van der Waals surface area contributed by atoms with Crippen LogP contribution in [0.3, 0.4) is 0 Å². The van der Waals surface area contributed by atoms with Crippen LogP contribution in [0.5, 0.6) is 0 Å². The normalized spacial score (nSPS) is 10.9. The molecule has 1 aromatic carbocycles. The Balaban J connectivity index is 3.11. The van der Waals surface area contributed by atoms with Gasteiger partial charge in [-0.1, -0.05) is 0 Å². The van der Waals surface area contributed by atoms with Gasteiger partial charge in [0.05, 0.1) is 17.7 Å². The van der Waals surface area contributed by atoms with Gasteiger partial charge in [-0.15, -0.1) is 0 Å². The summed E-state index contributed by atoms with van der Waals surface area (Å²) in [6.07, 6.45) is 0. The highest BCUT2D eigenvalue weighted by molar-refractivity contribution is 5.63. The first-order valence-corrected chi connectivity index (χ1v) is 5.06. The Morgan fingerprint density at radius 2 is 2.12 bits per heavy atom. The highest BCUT2D eigenvalue weighted by atomic mass is 16.3. The van der Waals surface area contributed by atoms with Crippen molar-refractivity contribution in [2.45, 2.75) is 19.4 Å². The zero-order valence-corrected chi connectivity index (χ0v) is 9.86. The number of aliphatic hydroxyl groups is 1. The molecule has 0 aromatic heterocycles. The standard InChI is InChI=1S/C12H17N3O/c1-12(2,8-16)15(3)10-4-5-11(14)9(6-10)7-13/h4-6,16H,8,14H2,1-3H3. The second-order valence-corrected chi connectivity index (χ2v) is 4.41. The van der Waals surface area contributed by atoms with Crippen molar-refractivity contribution in [3.05, 3.63) is 23.8 Å². The van der Waals surface area contributed by atoms with Gasteiger partial charge in [-0.05, 0) is 32.0 Å².